The molecule has 0 unspecified atom stereocenters. The predicted octanol–water partition coefficient (Wildman–Crippen LogP) is 2.33. The van der Waals surface area contributed by atoms with Crippen LogP contribution in [0.4, 0.5) is 0 Å². The molecule has 0 fully saturated rings. The number of carboxylic acids is 1. The number of rotatable bonds is 6. The molecule has 1 heterocycles. The molecule has 0 bridgehead atoms. The lowest BCUT2D eigenvalue weighted by Crippen LogP contribution is -2.28. The number of hydrogen-bond acceptors (Lipinski definition) is 4. The van der Waals surface area contributed by atoms with E-state index in [9.17, 15) is 9.59 Å². The van der Waals surface area contributed by atoms with Crippen molar-refractivity contribution in [3.63, 3.8) is 0 Å². The maximum absolute atomic E-state index is 11.6. The zero-order valence-electron chi connectivity index (χ0n) is 10.8. The Morgan fingerprint density at radius 2 is 2.14 bits per heavy atom. The summed E-state index contributed by atoms with van der Waals surface area (Å²) in [5.41, 5.74) is -0.0786. The maximum Gasteiger partial charge on any atom is 0.337 e. The molecule has 0 saturated heterocycles. The number of benzene rings is 1. The number of amides is 1. The Balaban J connectivity index is 1.86. The molecule has 0 radical (unpaired) electrons. The average Bonchev–Trinajstić information content (AvgIpc) is 2.97. The van der Waals surface area contributed by atoms with Gasteiger partial charge in [0.1, 0.15) is 11.5 Å². The lowest BCUT2D eigenvalue weighted by Gasteiger charge is -2.08. The summed E-state index contributed by atoms with van der Waals surface area (Å²) in [5.74, 6) is -0.626. The van der Waals surface area contributed by atoms with E-state index in [1.165, 1.54) is 24.5 Å². The van der Waals surface area contributed by atoms with Gasteiger partial charge in [-0.05, 0) is 30.3 Å². The zero-order chi connectivity index (χ0) is 15.2. The molecule has 2 N–H and O–H groups in total. The van der Waals surface area contributed by atoms with Crippen LogP contribution in [0.1, 0.15) is 16.1 Å². The molecule has 0 aliphatic carbocycles. The first-order valence-electron chi connectivity index (χ1n) is 6.01. The van der Waals surface area contributed by atoms with Crippen LogP contribution in [0.3, 0.4) is 0 Å². The normalized spacial score (nSPS) is 10.1. The summed E-state index contributed by atoms with van der Waals surface area (Å²) in [6, 6.07) is 7.62. The summed E-state index contributed by atoms with van der Waals surface area (Å²) < 4.78 is 10.3. The molecule has 7 heteroatoms. The molecule has 2 rings (SSSR count). The minimum absolute atomic E-state index is 0.0786. The topological polar surface area (TPSA) is 88.8 Å². The maximum atomic E-state index is 11.6. The van der Waals surface area contributed by atoms with Crippen molar-refractivity contribution in [1.29, 1.82) is 0 Å². The van der Waals surface area contributed by atoms with Crippen molar-refractivity contribution in [1.82, 2.24) is 5.32 Å². The van der Waals surface area contributed by atoms with Crippen molar-refractivity contribution in [3.05, 3.63) is 52.9 Å². The largest absolute Gasteiger partial charge is 0.484 e. The van der Waals surface area contributed by atoms with Crippen molar-refractivity contribution in [2.75, 3.05) is 6.61 Å². The number of carbonyl (C=O) groups is 2. The minimum Gasteiger partial charge on any atom is -0.484 e. The number of hydrogen-bond donors (Lipinski definition) is 2. The van der Waals surface area contributed by atoms with Gasteiger partial charge < -0.3 is 19.6 Å². The van der Waals surface area contributed by atoms with Crippen molar-refractivity contribution in [2.24, 2.45) is 0 Å². The molecule has 1 amide bonds. The molecule has 1 aromatic carbocycles. The van der Waals surface area contributed by atoms with Gasteiger partial charge in [-0.15, -0.1) is 0 Å². The Morgan fingerprint density at radius 1 is 1.33 bits per heavy atom. The number of aromatic carboxylic acids is 1. The van der Waals surface area contributed by atoms with Gasteiger partial charge in [-0.1, -0.05) is 11.6 Å². The molecular weight excluding hydrogens is 298 g/mol. The summed E-state index contributed by atoms with van der Waals surface area (Å²) >= 11 is 5.73. The van der Waals surface area contributed by atoms with Gasteiger partial charge in [0.2, 0.25) is 0 Å². The van der Waals surface area contributed by atoms with Gasteiger partial charge in [0.05, 0.1) is 23.4 Å². The van der Waals surface area contributed by atoms with Gasteiger partial charge >= 0.3 is 5.97 Å². The van der Waals surface area contributed by atoms with Gasteiger partial charge in [0, 0.05) is 0 Å². The van der Waals surface area contributed by atoms with Crippen LogP contribution in [0.2, 0.25) is 5.02 Å². The lowest BCUT2D eigenvalue weighted by molar-refractivity contribution is -0.123. The van der Waals surface area contributed by atoms with Gasteiger partial charge in [0.15, 0.2) is 6.61 Å². The van der Waals surface area contributed by atoms with Crippen molar-refractivity contribution in [3.8, 4) is 5.75 Å². The summed E-state index contributed by atoms with van der Waals surface area (Å²) in [5, 5.41) is 11.6. The smallest absolute Gasteiger partial charge is 0.337 e. The molecule has 0 spiro atoms. The zero-order valence-corrected chi connectivity index (χ0v) is 11.6. The number of halogens is 1. The third-order valence-corrected chi connectivity index (χ3v) is 2.91. The quantitative estimate of drug-likeness (QED) is 0.855. The van der Waals surface area contributed by atoms with E-state index in [4.69, 9.17) is 25.9 Å². The van der Waals surface area contributed by atoms with E-state index in [1.807, 2.05) is 0 Å². The van der Waals surface area contributed by atoms with E-state index in [2.05, 4.69) is 5.32 Å². The minimum atomic E-state index is -1.16. The first-order valence-corrected chi connectivity index (χ1v) is 6.39. The summed E-state index contributed by atoms with van der Waals surface area (Å²) in [6.45, 7) is 0.0254. The first-order chi connectivity index (χ1) is 10.1. The highest BCUT2D eigenvalue weighted by molar-refractivity contribution is 6.33. The average molecular weight is 310 g/mol. The number of ether oxygens (including phenoxy) is 1. The highest BCUT2D eigenvalue weighted by Crippen LogP contribution is 2.22. The Kier molecular flexibility index (Phi) is 4.84. The van der Waals surface area contributed by atoms with Crippen LogP contribution in [0.5, 0.6) is 5.75 Å². The lowest BCUT2D eigenvalue weighted by atomic mass is 10.2. The Morgan fingerprint density at radius 3 is 2.81 bits per heavy atom. The second kappa shape index (κ2) is 6.81. The fourth-order valence-electron chi connectivity index (χ4n) is 1.56. The third kappa shape index (κ3) is 4.25. The molecule has 110 valence electrons. The molecule has 0 aliphatic rings. The van der Waals surface area contributed by atoms with E-state index in [-0.39, 0.29) is 35.4 Å². The van der Waals surface area contributed by atoms with Crippen molar-refractivity contribution < 1.29 is 23.8 Å². The molecule has 2 aromatic rings. The van der Waals surface area contributed by atoms with E-state index in [0.717, 1.165) is 0 Å². The van der Waals surface area contributed by atoms with E-state index in [0.29, 0.717) is 5.76 Å². The number of carbonyl (C=O) groups excluding carboxylic acids is 1. The van der Waals surface area contributed by atoms with E-state index >= 15 is 0 Å². The fourth-order valence-corrected chi connectivity index (χ4v) is 1.76. The van der Waals surface area contributed by atoms with Crippen LogP contribution >= 0.6 is 11.6 Å². The summed E-state index contributed by atoms with van der Waals surface area (Å²) in [7, 11) is 0. The second-order valence-corrected chi connectivity index (χ2v) is 4.50. The van der Waals surface area contributed by atoms with Crippen LogP contribution in [0.15, 0.2) is 41.0 Å². The molecule has 0 saturated carbocycles. The van der Waals surface area contributed by atoms with Crippen molar-refractivity contribution in [2.45, 2.75) is 6.54 Å². The second-order valence-electron chi connectivity index (χ2n) is 4.09. The summed E-state index contributed by atoms with van der Waals surface area (Å²) in [6.07, 6.45) is 1.51. The predicted molar refractivity (Wildman–Crippen MR) is 74.5 cm³/mol. The van der Waals surface area contributed by atoms with Crippen LogP contribution in [-0.4, -0.2) is 23.6 Å². The molecule has 0 atom stereocenters. The van der Waals surface area contributed by atoms with Crippen LogP contribution in [0, 0.1) is 0 Å². The SMILES string of the molecule is O=C(COc1ccc(Cl)c(C(=O)O)c1)NCc1ccco1. The Hall–Kier alpha value is -2.47. The van der Waals surface area contributed by atoms with E-state index in [1.54, 1.807) is 12.1 Å². The third-order valence-electron chi connectivity index (χ3n) is 2.58. The van der Waals surface area contributed by atoms with Crippen LogP contribution < -0.4 is 10.1 Å². The number of carboxylic acid groups (broad SMARTS) is 1. The van der Waals surface area contributed by atoms with Crippen molar-refractivity contribution >= 4 is 23.5 Å². The van der Waals surface area contributed by atoms with Crippen LogP contribution in [-0.2, 0) is 11.3 Å². The fraction of sp³-hybridized carbons (Fsp3) is 0.143. The first kappa shape index (κ1) is 14.9. The molecule has 6 nitrogen and oxygen atoms in total. The highest BCUT2D eigenvalue weighted by atomic mass is 35.5. The number of nitrogens with one attached hydrogen (secondary N) is 1. The Labute approximate surface area is 125 Å². The van der Waals surface area contributed by atoms with Crippen LogP contribution in [0.25, 0.3) is 0 Å². The number of furan rings is 1. The summed E-state index contributed by atoms with van der Waals surface area (Å²) in [4.78, 5) is 22.5. The van der Waals surface area contributed by atoms with Gasteiger partial charge in [-0.25, -0.2) is 4.79 Å². The van der Waals surface area contributed by atoms with Gasteiger partial charge in [-0.3, -0.25) is 4.79 Å². The Bertz CT molecular complexity index is 639. The molecule has 0 aliphatic heterocycles. The highest BCUT2D eigenvalue weighted by Gasteiger charge is 2.11. The van der Waals surface area contributed by atoms with Gasteiger partial charge in [0.25, 0.3) is 5.91 Å². The molecular formula is C14H12ClNO5. The van der Waals surface area contributed by atoms with E-state index < -0.39 is 5.97 Å². The molecule has 21 heavy (non-hydrogen) atoms. The monoisotopic (exact) mass is 309 g/mol. The standard InChI is InChI=1S/C14H12ClNO5/c15-12-4-3-9(6-11(12)14(18)19)21-8-13(17)16-7-10-2-1-5-20-10/h1-6H,7-8H2,(H,16,17)(H,18,19). The molecule has 1 aromatic heterocycles. The van der Waals surface area contributed by atoms with Gasteiger partial charge in [-0.2, -0.15) is 0 Å².